The summed E-state index contributed by atoms with van der Waals surface area (Å²) in [4.78, 5) is 39.8. The summed E-state index contributed by atoms with van der Waals surface area (Å²) in [5.74, 6) is 2.42. The van der Waals surface area contributed by atoms with Crippen molar-refractivity contribution in [1.82, 2.24) is 25.3 Å². The van der Waals surface area contributed by atoms with Crippen LogP contribution in [0.15, 0.2) is 48.5 Å². The Morgan fingerprint density at radius 3 is 1.43 bits per heavy atom. The number of nitrogen functional groups attached to an aromatic ring is 2. The molecule has 0 saturated carbocycles. The minimum absolute atomic E-state index is 0.0221. The molecule has 4 aromatic rings. The van der Waals surface area contributed by atoms with Crippen molar-refractivity contribution < 1.29 is 33.3 Å². The molecule has 0 bridgehead atoms. The van der Waals surface area contributed by atoms with Crippen molar-refractivity contribution in [1.29, 1.82) is 0 Å². The van der Waals surface area contributed by atoms with Crippen LogP contribution in [0.4, 0.5) is 11.9 Å². The maximum atomic E-state index is 11.6. The second-order valence-corrected chi connectivity index (χ2v) is 9.81. The number of methoxy groups -OCH3 is 5. The van der Waals surface area contributed by atoms with Crippen LogP contribution in [0.5, 0.6) is 23.0 Å². The fourth-order valence-corrected chi connectivity index (χ4v) is 4.61. The maximum absolute atomic E-state index is 11.6. The fraction of sp³-hybridized carbons (Fsp3) is 0.333. The summed E-state index contributed by atoms with van der Waals surface area (Å²) in [6.07, 6.45) is 1.44. The van der Waals surface area contributed by atoms with E-state index in [1.165, 1.54) is 7.11 Å². The van der Waals surface area contributed by atoms with Crippen LogP contribution in [0, 0.1) is 0 Å². The van der Waals surface area contributed by atoms with Gasteiger partial charge in [0, 0.05) is 30.8 Å². The highest BCUT2D eigenvalue weighted by molar-refractivity contribution is 5.77. The van der Waals surface area contributed by atoms with E-state index in [4.69, 9.17) is 30.4 Å². The number of rotatable bonds is 13. The number of anilines is 2. The van der Waals surface area contributed by atoms with Crippen LogP contribution in [0.1, 0.15) is 31.2 Å². The average molecular weight is 648 g/mol. The first-order valence-corrected chi connectivity index (χ1v) is 14.7. The van der Waals surface area contributed by atoms with Crippen molar-refractivity contribution in [3.05, 3.63) is 59.9 Å². The lowest BCUT2D eigenvalue weighted by Crippen LogP contribution is -2.23. The molecule has 0 aliphatic heterocycles. The molecule has 250 valence electrons. The van der Waals surface area contributed by atoms with Crippen LogP contribution in [0.3, 0.4) is 0 Å². The number of hydrogen-bond acceptors (Lipinski definition) is 13. The normalized spacial score (nSPS) is 10.3. The number of nitrogens with two attached hydrogens (primary N) is 2. The Hall–Kier alpha value is -5.66. The van der Waals surface area contributed by atoms with Gasteiger partial charge in [0.25, 0.3) is 0 Å². The second kappa shape index (κ2) is 17.7. The molecule has 0 spiro atoms. The molecule has 0 aliphatic rings. The molecule has 0 aliphatic carbocycles. The molecule has 2 aromatic carbocycles. The summed E-state index contributed by atoms with van der Waals surface area (Å²) in [6, 6.07) is 14.5. The van der Waals surface area contributed by atoms with Crippen molar-refractivity contribution in [2.24, 2.45) is 0 Å². The summed E-state index contributed by atoms with van der Waals surface area (Å²) in [7, 11) is 7.65. The summed E-state index contributed by atoms with van der Waals surface area (Å²) in [5, 5.41) is 2.76. The van der Waals surface area contributed by atoms with E-state index in [0.29, 0.717) is 82.7 Å². The predicted molar refractivity (Wildman–Crippen MR) is 177 cm³/mol. The molecule has 47 heavy (non-hydrogen) atoms. The molecular formula is C33H41N7O7. The predicted octanol–water partition coefficient (Wildman–Crippen LogP) is 3.66. The summed E-state index contributed by atoms with van der Waals surface area (Å²) in [6.45, 7) is 2.49. The lowest BCUT2D eigenvalue weighted by molar-refractivity contribution is -0.140. The molecule has 5 N–H and O–H groups in total. The lowest BCUT2D eigenvalue weighted by atomic mass is 10.1. The van der Waals surface area contributed by atoms with Gasteiger partial charge in [-0.2, -0.15) is 0 Å². The molecule has 0 saturated heterocycles. The molecular weight excluding hydrogens is 606 g/mol. The van der Waals surface area contributed by atoms with E-state index in [1.807, 2.05) is 43.3 Å². The van der Waals surface area contributed by atoms with Crippen LogP contribution >= 0.6 is 0 Å². The molecule has 0 fully saturated rings. The average Bonchev–Trinajstić information content (AvgIpc) is 3.08. The van der Waals surface area contributed by atoms with E-state index in [2.05, 4.69) is 30.0 Å². The molecule has 0 atom stereocenters. The van der Waals surface area contributed by atoms with Gasteiger partial charge in [-0.05, 0) is 49.7 Å². The van der Waals surface area contributed by atoms with Crippen molar-refractivity contribution >= 4 is 23.8 Å². The monoisotopic (exact) mass is 647 g/mol. The molecule has 0 unspecified atom stereocenters. The van der Waals surface area contributed by atoms with E-state index in [-0.39, 0.29) is 30.2 Å². The molecule has 4 rings (SSSR count). The number of aromatic nitrogens is 4. The van der Waals surface area contributed by atoms with Crippen LogP contribution in [-0.2, 0) is 27.2 Å². The van der Waals surface area contributed by atoms with Gasteiger partial charge < -0.3 is 40.5 Å². The second-order valence-electron chi connectivity index (χ2n) is 9.81. The number of ether oxygens (including phenoxy) is 5. The largest absolute Gasteiger partial charge is 0.496 e. The molecule has 0 radical (unpaired) electrons. The zero-order valence-corrected chi connectivity index (χ0v) is 27.5. The zero-order chi connectivity index (χ0) is 34.3. The van der Waals surface area contributed by atoms with Crippen molar-refractivity contribution in [3.8, 4) is 45.5 Å². The van der Waals surface area contributed by atoms with Gasteiger partial charge in [-0.25, -0.2) is 19.9 Å². The molecule has 14 nitrogen and oxygen atoms in total. The van der Waals surface area contributed by atoms with Gasteiger partial charge >= 0.3 is 5.97 Å². The van der Waals surface area contributed by atoms with Crippen molar-refractivity contribution in [2.45, 2.75) is 32.6 Å². The van der Waals surface area contributed by atoms with Gasteiger partial charge in [-0.1, -0.05) is 12.1 Å². The molecule has 2 heterocycles. The number of carbonyl (C=O) groups excluding carboxylic acids is 2. The highest BCUT2D eigenvalue weighted by atomic mass is 16.5. The Kier molecular flexibility index (Phi) is 13.5. The topological polar surface area (TPSA) is 196 Å². The number of aryl methyl sites for hydroxylation is 2. The maximum Gasteiger partial charge on any atom is 0.305 e. The van der Waals surface area contributed by atoms with E-state index in [1.54, 1.807) is 40.6 Å². The summed E-state index contributed by atoms with van der Waals surface area (Å²) >= 11 is 0. The Balaban J connectivity index is 0.000000256. The Bertz CT molecular complexity index is 1620. The van der Waals surface area contributed by atoms with Crippen LogP contribution < -0.4 is 35.7 Å². The third-order valence-corrected chi connectivity index (χ3v) is 6.76. The van der Waals surface area contributed by atoms with E-state index >= 15 is 0 Å². The third kappa shape index (κ3) is 9.91. The number of amides is 1. The standard InChI is InChI=1S/C17H22N4O3.C16H19N3O4/c1-4-19-15(22)9-8-11-10-12(21-17(18)20-11)16-13(23-2)6-5-7-14(16)24-3;1-21-12-5-4-6-13(22-2)15(12)11-9-10(18-16(17)19-11)7-8-14(20)23-3/h5-7,10H,4,8-9H2,1-3H3,(H,19,22)(H2,18,20,21);4-6,9H,7-8H2,1-3H3,(H2,17,18,19). The highest BCUT2D eigenvalue weighted by Crippen LogP contribution is 2.38. The van der Waals surface area contributed by atoms with Crippen LogP contribution in [0.2, 0.25) is 0 Å². The van der Waals surface area contributed by atoms with E-state index < -0.39 is 0 Å². The number of carbonyl (C=O) groups is 2. The quantitative estimate of drug-likeness (QED) is 0.178. The van der Waals surface area contributed by atoms with Crippen molar-refractivity contribution in [3.63, 3.8) is 0 Å². The van der Waals surface area contributed by atoms with Gasteiger partial charge in [0.05, 0.1) is 64.5 Å². The van der Waals surface area contributed by atoms with Crippen LogP contribution in [0.25, 0.3) is 22.5 Å². The first-order valence-electron chi connectivity index (χ1n) is 14.7. The van der Waals surface area contributed by atoms with Gasteiger partial charge in [-0.3, -0.25) is 9.59 Å². The van der Waals surface area contributed by atoms with Crippen molar-refractivity contribution in [2.75, 3.05) is 53.6 Å². The number of nitrogens with one attached hydrogen (secondary N) is 1. The molecule has 14 heteroatoms. The Morgan fingerprint density at radius 1 is 0.660 bits per heavy atom. The lowest BCUT2D eigenvalue weighted by Gasteiger charge is -2.13. The minimum Gasteiger partial charge on any atom is -0.496 e. The Morgan fingerprint density at radius 2 is 1.06 bits per heavy atom. The highest BCUT2D eigenvalue weighted by Gasteiger charge is 2.17. The van der Waals surface area contributed by atoms with Gasteiger partial charge in [0.2, 0.25) is 17.8 Å². The zero-order valence-electron chi connectivity index (χ0n) is 27.5. The Labute approximate surface area is 273 Å². The van der Waals surface area contributed by atoms with Gasteiger partial charge in [0.15, 0.2) is 0 Å². The molecule has 2 aromatic heterocycles. The van der Waals surface area contributed by atoms with Gasteiger partial charge in [0.1, 0.15) is 23.0 Å². The number of hydrogen-bond donors (Lipinski definition) is 3. The van der Waals surface area contributed by atoms with Gasteiger partial charge in [-0.15, -0.1) is 0 Å². The van der Waals surface area contributed by atoms with E-state index in [0.717, 1.165) is 0 Å². The summed E-state index contributed by atoms with van der Waals surface area (Å²) in [5.41, 5.74) is 15.5. The SMILES string of the molecule is CCNC(=O)CCc1cc(-c2c(OC)cccc2OC)nc(N)n1.COC(=O)CCc1cc(-c2c(OC)cccc2OC)nc(N)n1. The van der Waals surface area contributed by atoms with Crippen LogP contribution in [-0.4, -0.2) is 73.9 Å². The number of esters is 1. The first kappa shape index (κ1) is 35.8. The first-order chi connectivity index (χ1) is 22.7. The number of benzene rings is 2. The third-order valence-electron chi connectivity index (χ3n) is 6.76. The number of nitrogens with zero attached hydrogens (tertiary/aromatic N) is 4. The summed E-state index contributed by atoms with van der Waals surface area (Å²) < 4.78 is 26.2. The smallest absolute Gasteiger partial charge is 0.305 e. The fourth-order valence-electron chi connectivity index (χ4n) is 4.61. The molecule has 1 amide bonds. The van der Waals surface area contributed by atoms with E-state index in [9.17, 15) is 9.59 Å². The minimum atomic E-state index is -0.307.